The number of nitrogens with one attached hydrogen (secondary N) is 2. The van der Waals surface area contributed by atoms with Gasteiger partial charge in [-0.1, -0.05) is 0 Å². The fourth-order valence-electron chi connectivity index (χ4n) is 2.36. The van der Waals surface area contributed by atoms with Crippen LogP contribution in [-0.4, -0.2) is 65.7 Å². The highest BCUT2D eigenvalue weighted by molar-refractivity contribution is 7.89. The molecule has 0 saturated carbocycles. The number of hydrogen-bond acceptors (Lipinski definition) is 6. The van der Waals surface area contributed by atoms with E-state index < -0.39 is 21.8 Å². The number of halogens is 3. The molecule has 0 aromatic heterocycles. The number of carbonyl (C=O) groups is 1. The van der Waals surface area contributed by atoms with Gasteiger partial charge in [0.05, 0.1) is 17.6 Å². The summed E-state index contributed by atoms with van der Waals surface area (Å²) < 4.78 is 45.0. The lowest BCUT2D eigenvalue weighted by Gasteiger charge is -2.27. The molecule has 0 amide bonds. The minimum atomic E-state index is -3.92. The van der Waals surface area contributed by atoms with Crippen molar-refractivity contribution in [3.8, 4) is 0 Å². The van der Waals surface area contributed by atoms with E-state index in [1.807, 2.05) is 0 Å². The average Bonchev–Trinajstić information content (AvgIpc) is 2.54. The third-order valence-corrected chi connectivity index (χ3v) is 5.09. The van der Waals surface area contributed by atoms with Crippen LogP contribution in [0.1, 0.15) is 10.4 Å². The molecule has 1 heterocycles. The number of carbonyl (C=O) groups excluding carboxylic acids is 1. The molecular formula is C14H22Cl2FN3O4S. The molecule has 7 nitrogen and oxygen atoms in total. The summed E-state index contributed by atoms with van der Waals surface area (Å²) in [6.45, 7) is 4.22. The molecule has 0 bridgehead atoms. The summed E-state index contributed by atoms with van der Waals surface area (Å²) in [6, 6.07) is 2.92. The summed E-state index contributed by atoms with van der Waals surface area (Å²) in [7, 11) is -2.81. The fourth-order valence-corrected chi connectivity index (χ4v) is 3.55. The molecule has 0 atom stereocenters. The standard InChI is InChI=1S/C14H20FN3O4S.2ClH/c1-22-14(19)12-10-11(15)2-3-13(12)23(20,21)17-6-9-18-7-4-16-5-8-18;;/h2-3,10,16-17H,4-9H2,1H3;2*1H. The van der Waals surface area contributed by atoms with Crippen molar-refractivity contribution in [2.24, 2.45) is 0 Å². The summed E-state index contributed by atoms with van der Waals surface area (Å²) in [6.07, 6.45) is 0. The van der Waals surface area contributed by atoms with Crippen LogP contribution in [0, 0.1) is 5.82 Å². The molecule has 2 rings (SSSR count). The summed E-state index contributed by atoms with van der Waals surface area (Å²) in [5.41, 5.74) is -0.317. The van der Waals surface area contributed by atoms with Gasteiger partial charge >= 0.3 is 5.97 Å². The van der Waals surface area contributed by atoms with Crippen LogP contribution in [0.3, 0.4) is 0 Å². The minimum Gasteiger partial charge on any atom is -0.465 e. The van der Waals surface area contributed by atoms with E-state index in [-0.39, 0.29) is 41.8 Å². The van der Waals surface area contributed by atoms with Gasteiger partial charge in [-0.25, -0.2) is 22.3 Å². The number of ether oxygens (including phenoxy) is 1. The summed E-state index contributed by atoms with van der Waals surface area (Å²) in [5.74, 6) is -1.60. The Morgan fingerprint density at radius 1 is 1.32 bits per heavy atom. The zero-order chi connectivity index (χ0) is 16.9. The molecule has 1 fully saturated rings. The molecule has 1 aromatic carbocycles. The molecule has 1 aliphatic rings. The van der Waals surface area contributed by atoms with Crippen LogP contribution in [0.15, 0.2) is 23.1 Å². The van der Waals surface area contributed by atoms with Crippen molar-refractivity contribution in [1.29, 1.82) is 0 Å². The molecule has 25 heavy (non-hydrogen) atoms. The first-order valence-corrected chi connectivity index (χ1v) is 8.73. The smallest absolute Gasteiger partial charge is 0.339 e. The Labute approximate surface area is 159 Å². The number of hydrogen-bond donors (Lipinski definition) is 2. The maximum absolute atomic E-state index is 13.3. The lowest BCUT2D eigenvalue weighted by atomic mass is 10.2. The van der Waals surface area contributed by atoms with E-state index in [0.29, 0.717) is 6.54 Å². The van der Waals surface area contributed by atoms with Crippen LogP contribution in [0.2, 0.25) is 0 Å². The molecule has 1 saturated heterocycles. The van der Waals surface area contributed by atoms with Gasteiger partial charge in [0, 0.05) is 39.3 Å². The highest BCUT2D eigenvalue weighted by Gasteiger charge is 2.23. The second-order valence-electron chi connectivity index (χ2n) is 5.12. The number of benzene rings is 1. The predicted molar refractivity (Wildman–Crippen MR) is 96.7 cm³/mol. The van der Waals surface area contributed by atoms with E-state index in [9.17, 15) is 17.6 Å². The molecule has 11 heteroatoms. The van der Waals surface area contributed by atoms with Crippen molar-refractivity contribution in [3.05, 3.63) is 29.6 Å². The van der Waals surface area contributed by atoms with Crippen LogP contribution >= 0.6 is 24.8 Å². The Morgan fingerprint density at radius 2 is 1.96 bits per heavy atom. The Morgan fingerprint density at radius 3 is 2.56 bits per heavy atom. The Kier molecular flexibility index (Phi) is 10.5. The number of esters is 1. The van der Waals surface area contributed by atoms with Gasteiger partial charge in [-0.05, 0) is 18.2 Å². The van der Waals surface area contributed by atoms with E-state index in [0.717, 1.165) is 51.5 Å². The molecule has 2 N–H and O–H groups in total. The first kappa shape index (κ1) is 24.0. The Balaban J connectivity index is 0.00000288. The lowest BCUT2D eigenvalue weighted by Crippen LogP contribution is -2.46. The Hall–Kier alpha value is -0.970. The van der Waals surface area contributed by atoms with E-state index >= 15 is 0 Å². The molecule has 0 spiro atoms. The fraction of sp³-hybridized carbons (Fsp3) is 0.500. The summed E-state index contributed by atoms with van der Waals surface area (Å²) in [4.78, 5) is 13.5. The topological polar surface area (TPSA) is 87.7 Å². The van der Waals surface area contributed by atoms with Gasteiger partial charge in [0.25, 0.3) is 0 Å². The van der Waals surface area contributed by atoms with Gasteiger partial charge in [-0.2, -0.15) is 0 Å². The van der Waals surface area contributed by atoms with Crippen LogP contribution in [0.4, 0.5) is 4.39 Å². The van der Waals surface area contributed by atoms with Gasteiger partial charge in [0.1, 0.15) is 5.82 Å². The van der Waals surface area contributed by atoms with Crippen molar-refractivity contribution in [1.82, 2.24) is 14.9 Å². The van der Waals surface area contributed by atoms with Crippen LogP contribution in [0.25, 0.3) is 0 Å². The average molecular weight is 418 g/mol. The monoisotopic (exact) mass is 417 g/mol. The largest absolute Gasteiger partial charge is 0.465 e. The molecule has 0 radical (unpaired) electrons. The highest BCUT2D eigenvalue weighted by atomic mass is 35.5. The second-order valence-corrected chi connectivity index (χ2v) is 6.86. The van der Waals surface area contributed by atoms with E-state index in [4.69, 9.17) is 0 Å². The normalized spacial score (nSPS) is 15.0. The van der Waals surface area contributed by atoms with Crippen LogP contribution < -0.4 is 10.0 Å². The predicted octanol–water partition coefficient (Wildman–Crippen LogP) is 0.639. The number of sulfonamides is 1. The number of methoxy groups -OCH3 is 1. The molecule has 1 aliphatic heterocycles. The maximum Gasteiger partial charge on any atom is 0.339 e. The van der Waals surface area contributed by atoms with Crippen molar-refractivity contribution < 1.29 is 22.3 Å². The van der Waals surface area contributed by atoms with Gasteiger partial charge in [0.15, 0.2) is 0 Å². The maximum atomic E-state index is 13.3. The van der Waals surface area contributed by atoms with E-state index in [1.165, 1.54) is 0 Å². The third-order valence-electron chi connectivity index (χ3n) is 3.57. The van der Waals surface area contributed by atoms with Crippen molar-refractivity contribution in [2.75, 3.05) is 46.4 Å². The molecule has 144 valence electrons. The first-order valence-electron chi connectivity index (χ1n) is 7.24. The Bertz CT molecular complexity index is 670. The molecule has 0 aliphatic carbocycles. The molecular weight excluding hydrogens is 396 g/mol. The van der Waals surface area contributed by atoms with E-state index in [1.54, 1.807) is 0 Å². The molecule has 0 unspecified atom stereocenters. The van der Waals surface area contributed by atoms with Crippen molar-refractivity contribution in [2.45, 2.75) is 4.90 Å². The van der Waals surface area contributed by atoms with Gasteiger partial charge in [0.2, 0.25) is 10.0 Å². The second kappa shape index (κ2) is 10.9. The summed E-state index contributed by atoms with van der Waals surface area (Å²) in [5, 5.41) is 3.21. The SMILES string of the molecule is COC(=O)c1cc(F)ccc1S(=O)(=O)NCCN1CCNCC1.Cl.Cl. The number of piperazine rings is 1. The van der Waals surface area contributed by atoms with Crippen molar-refractivity contribution in [3.63, 3.8) is 0 Å². The quantitative estimate of drug-likeness (QED) is 0.660. The molecule has 1 aromatic rings. The van der Waals surface area contributed by atoms with Crippen LogP contribution in [0.5, 0.6) is 0 Å². The van der Waals surface area contributed by atoms with Crippen molar-refractivity contribution >= 4 is 40.8 Å². The highest BCUT2D eigenvalue weighted by Crippen LogP contribution is 2.18. The first-order chi connectivity index (χ1) is 10.9. The van der Waals surface area contributed by atoms with Crippen LogP contribution in [-0.2, 0) is 14.8 Å². The van der Waals surface area contributed by atoms with Gasteiger partial charge < -0.3 is 10.1 Å². The van der Waals surface area contributed by atoms with Gasteiger partial charge in [-0.3, -0.25) is 4.90 Å². The minimum absolute atomic E-state index is 0. The zero-order valence-electron chi connectivity index (χ0n) is 13.7. The number of nitrogens with zero attached hydrogens (tertiary/aromatic N) is 1. The third kappa shape index (κ3) is 6.69. The van der Waals surface area contributed by atoms with E-state index in [2.05, 4.69) is 19.7 Å². The summed E-state index contributed by atoms with van der Waals surface area (Å²) >= 11 is 0. The lowest BCUT2D eigenvalue weighted by molar-refractivity contribution is 0.0595. The zero-order valence-corrected chi connectivity index (χ0v) is 16.1. The number of rotatable bonds is 6. The van der Waals surface area contributed by atoms with Gasteiger partial charge in [-0.15, -0.1) is 24.8 Å².